The van der Waals surface area contributed by atoms with E-state index in [4.69, 9.17) is 9.84 Å². The van der Waals surface area contributed by atoms with Crippen LogP contribution in [0.3, 0.4) is 0 Å². The number of benzene rings is 2. The highest BCUT2D eigenvalue weighted by atomic mass is 19.4. The number of nitrogens with zero attached hydrogens (tertiary/aromatic N) is 1. The standard InChI is InChI=1S/C26H31F3N2O4/c1-17-14-20(10-13-23(17)26(27,28)29)30-24(32)16-31(21-6-4-3-5-7-21)15-19-8-11-22(12-9-19)35-18(2)25(33)34/h8-14,18,21H,3-7,15-16H2,1-2H3,(H,30,32)(H,33,34). The third-order valence-electron chi connectivity index (χ3n) is 6.22. The summed E-state index contributed by atoms with van der Waals surface area (Å²) < 4.78 is 44.4. The van der Waals surface area contributed by atoms with Crippen molar-refractivity contribution >= 4 is 17.6 Å². The van der Waals surface area contributed by atoms with Crippen molar-refractivity contribution in [1.82, 2.24) is 4.90 Å². The molecular weight excluding hydrogens is 461 g/mol. The van der Waals surface area contributed by atoms with Gasteiger partial charge in [-0.15, -0.1) is 0 Å². The average Bonchev–Trinajstić information content (AvgIpc) is 2.79. The fourth-order valence-corrected chi connectivity index (χ4v) is 4.37. The maximum atomic E-state index is 13.0. The molecule has 3 rings (SSSR count). The number of hydrogen-bond acceptors (Lipinski definition) is 4. The lowest BCUT2D eigenvalue weighted by Crippen LogP contribution is -2.41. The average molecular weight is 493 g/mol. The molecule has 1 unspecified atom stereocenters. The Balaban J connectivity index is 1.68. The first-order chi connectivity index (χ1) is 16.5. The molecule has 0 radical (unpaired) electrons. The van der Waals surface area contributed by atoms with Gasteiger partial charge in [0.15, 0.2) is 6.10 Å². The molecule has 1 aliphatic rings. The van der Waals surface area contributed by atoms with Gasteiger partial charge in [0.25, 0.3) is 0 Å². The van der Waals surface area contributed by atoms with E-state index in [1.54, 1.807) is 12.1 Å². The number of rotatable bonds is 9. The first-order valence-corrected chi connectivity index (χ1v) is 11.7. The molecule has 1 aliphatic carbocycles. The van der Waals surface area contributed by atoms with Crippen molar-refractivity contribution in [3.8, 4) is 5.75 Å². The largest absolute Gasteiger partial charge is 0.479 e. The van der Waals surface area contributed by atoms with Gasteiger partial charge < -0.3 is 15.2 Å². The van der Waals surface area contributed by atoms with Gasteiger partial charge in [0.2, 0.25) is 5.91 Å². The molecule has 35 heavy (non-hydrogen) atoms. The van der Waals surface area contributed by atoms with Crippen LogP contribution in [0.1, 0.15) is 55.7 Å². The molecule has 190 valence electrons. The number of ether oxygens (including phenoxy) is 1. The van der Waals surface area contributed by atoms with Gasteiger partial charge in [-0.2, -0.15) is 13.2 Å². The lowest BCUT2D eigenvalue weighted by atomic mass is 9.93. The molecule has 2 aromatic rings. The number of carboxylic acids is 1. The van der Waals surface area contributed by atoms with Crippen molar-refractivity contribution in [2.24, 2.45) is 0 Å². The highest BCUT2D eigenvalue weighted by Crippen LogP contribution is 2.33. The smallest absolute Gasteiger partial charge is 0.416 e. The van der Waals surface area contributed by atoms with Gasteiger partial charge >= 0.3 is 12.1 Å². The number of carbonyl (C=O) groups is 2. The van der Waals surface area contributed by atoms with Crippen molar-refractivity contribution in [2.75, 3.05) is 11.9 Å². The van der Waals surface area contributed by atoms with E-state index in [0.717, 1.165) is 43.7 Å². The summed E-state index contributed by atoms with van der Waals surface area (Å²) in [5.41, 5.74) is 0.616. The number of aliphatic carboxylic acids is 1. The molecule has 9 heteroatoms. The quantitative estimate of drug-likeness (QED) is 0.474. The molecule has 6 nitrogen and oxygen atoms in total. The van der Waals surface area contributed by atoms with Gasteiger partial charge in [0.05, 0.1) is 12.1 Å². The maximum absolute atomic E-state index is 13.0. The Hall–Kier alpha value is -3.07. The second-order valence-electron chi connectivity index (χ2n) is 9.01. The third kappa shape index (κ3) is 7.71. The molecule has 1 atom stereocenters. The zero-order chi connectivity index (χ0) is 25.6. The fraction of sp³-hybridized carbons (Fsp3) is 0.462. The van der Waals surface area contributed by atoms with Gasteiger partial charge in [-0.1, -0.05) is 31.4 Å². The number of amides is 1. The second kappa shape index (κ2) is 11.6. The lowest BCUT2D eigenvalue weighted by molar-refractivity contribution is -0.144. The van der Waals surface area contributed by atoms with E-state index in [9.17, 15) is 22.8 Å². The zero-order valence-corrected chi connectivity index (χ0v) is 19.9. The van der Waals surface area contributed by atoms with Crippen molar-refractivity contribution in [1.29, 1.82) is 0 Å². The van der Waals surface area contributed by atoms with Gasteiger partial charge in [-0.05, 0) is 68.1 Å². The number of halogens is 3. The number of carboxylic acid groups (broad SMARTS) is 1. The molecule has 0 aromatic heterocycles. The van der Waals surface area contributed by atoms with Gasteiger partial charge in [0, 0.05) is 18.3 Å². The predicted molar refractivity (Wildman–Crippen MR) is 126 cm³/mol. The normalized spacial score (nSPS) is 15.6. The number of carbonyl (C=O) groups excluding carboxylic acids is 1. The van der Waals surface area contributed by atoms with E-state index in [2.05, 4.69) is 10.2 Å². The number of alkyl halides is 3. The topological polar surface area (TPSA) is 78.9 Å². The van der Waals surface area contributed by atoms with Crippen LogP contribution in [0.25, 0.3) is 0 Å². The number of aryl methyl sites for hydroxylation is 1. The Labute approximate surface area is 203 Å². The Morgan fingerprint density at radius 3 is 2.34 bits per heavy atom. The molecule has 1 saturated carbocycles. The Morgan fingerprint density at radius 1 is 1.11 bits per heavy atom. The Kier molecular flexibility index (Phi) is 8.77. The first-order valence-electron chi connectivity index (χ1n) is 11.7. The van der Waals surface area contributed by atoms with Crippen LogP contribution in [-0.4, -0.2) is 40.6 Å². The van der Waals surface area contributed by atoms with E-state index in [0.29, 0.717) is 18.0 Å². The highest BCUT2D eigenvalue weighted by Gasteiger charge is 2.32. The molecule has 0 aliphatic heterocycles. The monoisotopic (exact) mass is 492 g/mol. The number of hydrogen-bond donors (Lipinski definition) is 2. The molecule has 2 N–H and O–H groups in total. The Bertz CT molecular complexity index is 1020. The summed E-state index contributed by atoms with van der Waals surface area (Å²) in [5, 5.41) is 11.7. The predicted octanol–water partition coefficient (Wildman–Crippen LogP) is 5.64. The van der Waals surface area contributed by atoms with Crippen LogP contribution >= 0.6 is 0 Å². The molecule has 0 spiro atoms. The van der Waals surface area contributed by atoms with Crippen LogP contribution in [0.5, 0.6) is 5.75 Å². The van der Waals surface area contributed by atoms with E-state index in [-0.39, 0.29) is 24.1 Å². The SMILES string of the molecule is Cc1cc(NC(=O)CN(Cc2ccc(OC(C)C(=O)O)cc2)C2CCCCC2)ccc1C(F)(F)F. The highest BCUT2D eigenvalue weighted by molar-refractivity contribution is 5.92. The van der Waals surface area contributed by atoms with E-state index in [1.807, 2.05) is 12.1 Å². The lowest BCUT2D eigenvalue weighted by Gasteiger charge is -2.34. The van der Waals surface area contributed by atoms with Crippen LogP contribution in [0.2, 0.25) is 0 Å². The summed E-state index contributed by atoms with van der Waals surface area (Å²) in [5.74, 6) is -0.889. The van der Waals surface area contributed by atoms with Crippen molar-refractivity contribution in [3.05, 3.63) is 59.2 Å². The van der Waals surface area contributed by atoms with Crippen LogP contribution in [0.15, 0.2) is 42.5 Å². The molecule has 1 fully saturated rings. The summed E-state index contributed by atoms with van der Waals surface area (Å²) >= 11 is 0. The van der Waals surface area contributed by atoms with Crippen LogP contribution in [0.4, 0.5) is 18.9 Å². The van der Waals surface area contributed by atoms with Crippen LogP contribution in [0, 0.1) is 6.92 Å². The summed E-state index contributed by atoms with van der Waals surface area (Å²) in [7, 11) is 0. The minimum absolute atomic E-state index is 0.0546. The summed E-state index contributed by atoms with van der Waals surface area (Å²) in [4.78, 5) is 25.9. The van der Waals surface area contributed by atoms with Gasteiger partial charge in [0.1, 0.15) is 5.75 Å². The van der Waals surface area contributed by atoms with E-state index >= 15 is 0 Å². The van der Waals surface area contributed by atoms with Gasteiger partial charge in [-0.25, -0.2) is 4.79 Å². The van der Waals surface area contributed by atoms with E-state index < -0.39 is 23.8 Å². The molecule has 1 amide bonds. The summed E-state index contributed by atoms with van der Waals surface area (Å²) in [6, 6.07) is 10.9. The van der Waals surface area contributed by atoms with E-state index in [1.165, 1.54) is 26.0 Å². The van der Waals surface area contributed by atoms with Gasteiger partial charge in [-0.3, -0.25) is 9.69 Å². The minimum Gasteiger partial charge on any atom is -0.479 e. The minimum atomic E-state index is -4.43. The second-order valence-corrected chi connectivity index (χ2v) is 9.01. The summed E-state index contributed by atoms with van der Waals surface area (Å²) in [6.45, 7) is 3.45. The third-order valence-corrected chi connectivity index (χ3v) is 6.22. The maximum Gasteiger partial charge on any atom is 0.416 e. The zero-order valence-electron chi connectivity index (χ0n) is 19.9. The Morgan fingerprint density at radius 2 is 1.77 bits per heavy atom. The van der Waals surface area contributed by atoms with Crippen molar-refractivity contribution in [2.45, 2.75) is 70.8 Å². The first kappa shape index (κ1) is 26.5. The molecule has 2 aromatic carbocycles. The molecule has 0 heterocycles. The fourth-order valence-electron chi connectivity index (χ4n) is 4.37. The number of nitrogens with one attached hydrogen (secondary N) is 1. The van der Waals surface area contributed by atoms with Crippen molar-refractivity contribution < 1.29 is 32.6 Å². The molecule has 0 saturated heterocycles. The molecular formula is C26H31F3N2O4. The number of anilines is 1. The summed E-state index contributed by atoms with van der Waals surface area (Å²) in [6.07, 6.45) is -0.113. The van der Waals surface area contributed by atoms with Crippen molar-refractivity contribution in [3.63, 3.8) is 0 Å². The van der Waals surface area contributed by atoms with Crippen LogP contribution < -0.4 is 10.1 Å². The van der Waals surface area contributed by atoms with Crippen LogP contribution in [-0.2, 0) is 22.3 Å². The molecule has 0 bridgehead atoms.